The monoisotopic (exact) mass is 718 g/mol. The van der Waals surface area contributed by atoms with Crippen LogP contribution in [0.3, 0.4) is 0 Å². The second kappa shape index (κ2) is 14.3. The molecule has 0 aliphatic heterocycles. The molecule has 40 heavy (non-hydrogen) atoms. The van der Waals surface area contributed by atoms with Crippen molar-refractivity contribution in [2.45, 2.75) is 13.8 Å². The summed E-state index contributed by atoms with van der Waals surface area (Å²) in [6.07, 6.45) is 18.4. The van der Waals surface area contributed by atoms with Crippen molar-refractivity contribution < 1.29 is 19.8 Å². The molecule has 1 radical (unpaired) electrons. The van der Waals surface area contributed by atoms with E-state index in [0.717, 1.165) is 40.5 Å². The van der Waals surface area contributed by atoms with Crippen LogP contribution >= 0.6 is 0 Å². The predicted molar refractivity (Wildman–Crippen MR) is 153 cm³/mol. The van der Waals surface area contributed by atoms with Crippen molar-refractivity contribution in [1.29, 1.82) is 0 Å². The maximum Gasteiger partial charge on any atom is 1.00 e. The van der Waals surface area contributed by atoms with E-state index < -0.39 is 0 Å². The fourth-order valence-electron chi connectivity index (χ4n) is 3.89. The van der Waals surface area contributed by atoms with E-state index in [-0.39, 0.29) is 27.2 Å². The Bertz CT molecular complexity index is 1440. The van der Waals surface area contributed by atoms with Gasteiger partial charge in [-0.05, 0) is 31.5 Å². The Balaban J connectivity index is 0.000000206. The summed E-state index contributed by atoms with van der Waals surface area (Å²) in [5.74, 6) is 4.48. The molecule has 0 bridgehead atoms. The molecule has 0 spiro atoms. The van der Waals surface area contributed by atoms with E-state index >= 15 is 0 Å². The third-order valence-corrected chi connectivity index (χ3v) is 5.83. The molecule has 0 amide bonds. The molecule has 0 saturated heterocycles. The molecule has 11 nitrogen and oxygen atoms in total. The average molecular weight is 717 g/mol. The van der Waals surface area contributed by atoms with E-state index in [4.69, 9.17) is 0 Å². The first-order valence-corrected chi connectivity index (χ1v) is 12.1. The smallest absolute Gasteiger partial charge is 0.358 e. The number of aromatic nitrogens is 11. The zero-order valence-corrected chi connectivity index (χ0v) is 26.7. The maximum absolute atomic E-state index is 4.45. The Morgan fingerprint density at radius 2 is 0.775 bits per heavy atom. The van der Waals surface area contributed by atoms with Crippen LogP contribution in [0.1, 0.15) is 11.3 Å². The van der Waals surface area contributed by atoms with Crippen molar-refractivity contribution in [2.75, 3.05) is 0 Å². The van der Waals surface area contributed by atoms with Gasteiger partial charge < -0.3 is 30.3 Å². The molecule has 6 aromatic heterocycles. The van der Waals surface area contributed by atoms with Crippen LogP contribution in [0.4, 0.5) is 0 Å². The zero-order chi connectivity index (χ0) is 27.2. The molecular formula is C28H36N11Os. The van der Waals surface area contributed by atoms with E-state index in [1.165, 1.54) is 5.56 Å². The van der Waals surface area contributed by atoms with Crippen molar-refractivity contribution in [3.05, 3.63) is 92.8 Å². The minimum atomic E-state index is 0. The summed E-state index contributed by atoms with van der Waals surface area (Å²) in [5, 5.41) is 0. The first kappa shape index (κ1) is 32.1. The zero-order valence-electron chi connectivity index (χ0n) is 24.2. The van der Waals surface area contributed by atoms with Crippen LogP contribution < -0.4 is 0 Å². The van der Waals surface area contributed by atoms with Crippen LogP contribution in [0.5, 0.6) is 0 Å². The molecule has 0 atom stereocenters. The Kier molecular flexibility index (Phi) is 11.4. The molecular weight excluding hydrogens is 681 g/mol. The van der Waals surface area contributed by atoms with Crippen molar-refractivity contribution >= 4 is 0 Å². The minimum absolute atomic E-state index is 0. The molecule has 0 unspecified atom stereocenters. The quantitative estimate of drug-likeness (QED) is 0.255. The second-order valence-electron chi connectivity index (χ2n) is 8.98. The van der Waals surface area contributed by atoms with Gasteiger partial charge in [0.1, 0.15) is 5.69 Å². The molecule has 0 N–H and O–H groups in total. The Hall–Kier alpha value is -4.16. The topological polar surface area (TPSA) is 102 Å². The summed E-state index contributed by atoms with van der Waals surface area (Å²) in [5.41, 5.74) is 3.19. The molecule has 12 heteroatoms. The average Bonchev–Trinajstić information content (AvgIpc) is 3.69. The molecule has 6 aromatic rings. The number of aryl methyl sites for hydroxylation is 7. The summed E-state index contributed by atoms with van der Waals surface area (Å²) in [6.45, 7) is 4.07. The third kappa shape index (κ3) is 7.48. The van der Waals surface area contributed by atoms with Crippen molar-refractivity contribution in [2.24, 2.45) is 35.2 Å². The predicted octanol–water partition coefficient (Wildman–Crippen LogP) is 4.19. The van der Waals surface area contributed by atoms with Crippen molar-refractivity contribution in [3.63, 3.8) is 0 Å². The number of hydrogen-bond acceptors (Lipinski definition) is 6. The molecule has 0 saturated carbocycles. The first-order valence-electron chi connectivity index (χ1n) is 12.1. The summed E-state index contributed by atoms with van der Waals surface area (Å²) in [6, 6.07) is 4.11. The standard InChI is InChI=1S/C11H13N3.2C8H10N4.CH3.Os/c1-8-6-9(2)13-10(7-8)11-12-4-5-14(11)3;2*1-11-5-3-9-7(11)8-10-4-6-12(8)2;;/h4-7H,1-3H3;2*3-6H,1-2H3;1H3;/q;;;-1;+1. The molecule has 6 rings (SSSR count). The largest absolute Gasteiger partial charge is 1.00 e. The molecule has 211 valence electrons. The van der Waals surface area contributed by atoms with E-state index in [1.807, 2.05) is 96.0 Å². The summed E-state index contributed by atoms with van der Waals surface area (Å²) in [7, 11) is 9.80. The molecule has 0 aliphatic carbocycles. The van der Waals surface area contributed by atoms with Crippen molar-refractivity contribution in [3.8, 4) is 34.8 Å². The SMILES string of the molecule is Cc1cc(C)nc(-c2nccn2C)c1.Cn1ccnc1-c1nccn1C.Cn1ccnc1-c1nccn1C.[CH3-].[Os+]. The molecule has 6 heterocycles. The second-order valence-corrected chi connectivity index (χ2v) is 8.98. The van der Waals surface area contributed by atoms with Crippen LogP contribution in [0, 0.1) is 21.3 Å². The summed E-state index contributed by atoms with van der Waals surface area (Å²) < 4.78 is 9.76. The van der Waals surface area contributed by atoms with Gasteiger partial charge in [0.2, 0.25) is 0 Å². The number of rotatable bonds is 3. The first-order chi connectivity index (χ1) is 18.2. The minimum Gasteiger partial charge on any atom is -0.358 e. The van der Waals surface area contributed by atoms with E-state index in [9.17, 15) is 0 Å². The summed E-state index contributed by atoms with van der Waals surface area (Å²) >= 11 is 0. The Morgan fingerprint density at radius 3 is 1.02 bits per heavy atom. The van der Waals surface area contributed by atoms with Gasteiger partial charge in [-0.1, -0.05) is 0 Å². The number of hydrogen-bond donors (Lipinski definition) is 0. The Labute approximate surface area is 248 Å². The number of pyridine rings is 1. The van der Waals surface area contributed by atoms with Crippen LogP contribution in [0.2, 0.25) is 0 Å². The van der Waals surface area contributed by atoms with Crippen molar-refractivity contribution in [1.82, 2.24) is 52.7 Å². The number of imidazole rings is 5. The van der Waals surface area contributed by atoms with Crippen LogP contribution in [-0.4, -0.2) is 52.7 Å². The fraction of sp³-hybridized carbons (Fsp3) is 0.250. The van der Waals surface area contributed by atoms with Crippen LogP contribution in [0.15, 0.2) is 74.1 Å². The molecule has 0 fully saturated rings. The van der Waals surface area contributed by atoms with Crippen LogP contribution in [-0.2, 0) is 55.0 Å². The summed E-state index contributed by atoms with van der Waals surface area (Å²) in [4.78, 5) is 25.5. The van der Waals surface area contributed by atoms with Gasteiger partial charge in [0, 0.05) is 103 Å². The fourth-order valence-corrected chi connectivity index (χ4v) is 3.89. The number of nitrogens with zero attached hydrogens (tertiary/aromatic N) is 11. The van der Waals surface area contributed by atoms with Gasteiger partial charge in [-0.25, -0.2) is 29.9 Å². The van der Waals surface area contributed by atoms with Gasteiger partial charge in [0.25, 0.3) is 0 Å². The van der Waals surface area contributed by atoms with E-state index in [1.54, 1.807) is 31.0 Å². The third-order valence-electron chi connectivity index (χ3n) is 5.83. The molecule has 0 aromatic carbocycles. The van der Waals surface area contributed by atoms with Gasteiger partial charge in [-0.3, -0.25) is 0 Å². The van der Waals surface area contributed by atoms with Gasteiger partial charge >= 0.3 is 19.8 Å². The van der Waals surface area contributed by atoms with Gasteiger partial charge in [0.15, 0.2) is 29.1 Å². The van der Waals surface area contributed by atoms with Gasteiger partial charge in [0.05, 0.1) is 0 Å². The van der Waals surface area contributed by atoms with E-state index in [0.29, 0.717) is 0 Å². The van der Waals surface area contributed by atoms with Crippen LogP contribution in [0.25, 0.3) is 34.8 Å². The Morgan fingerprint density at radius 1 is 0.475 bits per heavy atom. The maximum atomic E-state index is 4.45. The normalized spacial score (nSPS) is 9.97. The van der Waals surface area contributed by atoms with Gasteiger partial charge in [-0.2, -0.15) is 0 Å². The molecule has 0 aliphatic rings. The van der Waals surface area contributed by atoms with Gasteiger partial charge in [-0.15, -0.1) is 0 Å². The van der Waals surface area contributed by atoms with E-state index in [2.05, 4.69) is 49.0 Å².